The minimum absolute atomic E-state index is 0.0112. The summed E-state index contributed by atoms with van der Waals surface area (Å²) in [5.74, 6) is 0.932. The summed E-state index contributed by atoms with van der Waals surface area (Å²) in [6.07, 6.45) is 2.26. The Labute approximate surface area is 196 Å². The molecule has 1 fully saturated rings. The third-order valence-electron chi connectivity index (χ3n) is 6.03. The second-order valence-corrected chi connectivity index (χ2v) is 8.62. The SMILES string of the molecule is Cc1ccc(C(=O)CCC(=O)N2CCCN(C(=O)CCCOc3ccccc3C)CC2)cc1. The van der Waals surface area contributed by atoms with Crippen LogP contribution in [0.5, 0.6) is 5.75 Å². The molecular formula is C27H34N2O4. The zero-order valence-electron chi connectivity index (χ0n) is 19.7. The molecule has 0 saturated carbocycles. The summed E-state index contributed by atoms with van der Waals surface area (Å²) in [5, 5.41) is 0. The fourth-order valence-corrected chi connectivity index (χ4v) is 3.96. The van der Waals surface area contributed by atoms with Gasteiger partial charge in [-0.1, -0.05) is 48.0 Å². The largest absolute Gasteiger partial charge is 0.493 e. The molecule has 1 saturated heterocycles. The van der Waals surface area contributed by atoms with Crippen molar-refractivity contribution in [3.63, 3.8) is 0 Å². The van der Waals surface area contributed by atoms with E-state index in [1.54, 1.807) is 4.90 Å². The monoisotopic (exact) mass is 450 g/mol. The molecule has 0 atom stereocenters. The molecule has 2 amide bonds. The average molecular weight is 451 g/mol. The number of ether oxygens (including phenoxy) is 1. The predicted octanol–water partition coefficient (Wildman–Crippen LogP) is 4.19. The van der Waals surface area contributed by atoms with E-state index >= 15 is 0 Å². The van der Waals surface area contributed by atoms with Crippen LogP contribution in [0, 0.1) is 13.8 Å². The number of carbonyl (C=O) groups excluding carboxylic acids is 3. The minimum Gasteiger partial charge on any atom is -0.493 e. The lowest BCUT2D eigenvalue weighted by atomic mass is 10.0. The highest BCUT2D eigenvalue weighted by Gasteiger charge is 2.22. The van der Waals surface area contributed by atoms with Crippen molar-refractivity contribution < 1.29 is 19.1 Å². The van der Waals surface area contributed by atoms with Crippen LogP contribution in [0.1, 0.15) is 53.6 Å². The quantitative estimate of drug-likeness (QED) is 0.424. The first kappa shape index (κ1) is 24.5. The van der Waals surface area contributed by atoms with Crippen molar-refractivity contribution in [3.05, 3.63) is 65.2 Å². The Kier molecular flexibility index (Phi) is 9.04. The molecular weight excluding hydrogens is 416 g/mol. The number of carbonyl (C=O) groups is 3. The average Bonchev–Trinajstić information content (AvgIpc) is 3.08. The van der Waals surface area contributed by atoms with Crippen LogP contribution in [0.4, 0.5) is 0 Å². The van der Waals surface area contributed by atoms with E-state index in [0.29, 0.717) is 51.2 Å². The summed E-state index contributed by atoms with van der Waals surface area (Å²) in [6, 6.07) is 15.3. The van der Waals surface area contributed by atoms with Crippen LogP contribution in [-0.4, -0.2) is 60.2 Å². The summed E-state index contributed by atoms with van der Waals surface area (Å²) in [4.78, 5) is 41.3. The molecule has 33 heavy (non-hydrogen) atoms. The molecule has 0 unspecified atom stereocenters. The second kappa shape index (κ2) is 12.2. The van der Waals surface area contributed by atoms with Gasteiger partial charge in [0.15, 0.2) is 5.78 Å². The maximum absolute atomic E-state index is 12.6. The molecule has 176 valence electrons. The summed E-state index contributed by atoms with van der Waals surface area (Å²) in [5.41, 5.74) is 2.83. The molecule has 3 rings (SSSR count). The van der Waals surface area contributed by atoms with Crippen LogP contribution in [0.25, 0.3) is 0 Å². The van der Waals surface area contributed by atoms with Gasteiger partial charge in [-0.25, -0.2) is 0 Å². The smallest absolute Gasteiger partial charge is 0.223 e. The lowest BCUT2D eigenvalue weighted by Gasteiger charge is -2.22. The number of hydrogen-bond donors (Lipinski definition) is 0. The number of ketones is 1. The Bertz CT molecular complexity index is 955. The third-order valence-corrected chi connectivity index (χ3v) is 6.03. The van der Waals surface area contributed by atoms with E-state index in [1.807, 2.05) is 67.3 Å². The van der Waals surface area contributed by atoms with Crippen molar-refractivity contribution >= 4 is 17.6 Å². The highest BCUT2D eigenvalue weighted by atomic mass is 16.5. The molecule has 6 nitrogen and oxygen atoms in total. The van der Waals surface area contributed by atoms with Crippen molar-refractivity contribution in [2.24, 2.45) is 0 Å². The molecule has 1 aliphatic heterocycles. The molecule has 0 bridgehead atoms. The molecule has 0 aromatic heterocycles. The van der Waals surface area contributed by atoms with Gasteiger partial charge in [0, 0.05) is 51.0 Å². The number of Topliss-reactive ketones (excluding diaryl/α,β-unsaturated/α-hetero) is 1. The maximum Gasteiger partial charge on any atom is 0.223 e. The van der Waals surface area contributed by atoms with E-state index in [-0.39, 0.29) is 30.4 Å². The lowest BCUT2D eigenvalue weighted by molar-refractivity contribution is -0.133. The molecule has 2 aromatic carbocycles. The van der Waals surface area contributed by atoms with E-state index < -0.39 is 0 Å². The summed E-state index contributed by atoms with van der Waals surface area (Å²) >= 11 is 0. The standard InChI is InChI=1S/C27H34N2O4/c1-21-10-12-23(13-11-21)24(30)14-15-27(32)29-17-6-16-28(18-19-29)26(31)9-5-20-33-25-8-4-3-7-22(25)2/h3-4,7-8,10-13H,5-6,9,14-20H2,1-2H3. The second-order valence-electron chi connectivity index (χ2n) is 8.62. The number of hydrogen-bond acceptors (Lipinski definition) is 4. The Morgan fingerprint density at radius 1 is 0.788 bits per heavy atom. The van der Waals surface area contributed by atoms with Gasteiger partial charge in [-0.2, -0.15) is 0 Å². The van der Waals surface area contributed by atoms with Crippen molar-refractivity contribution in [1.82, 2.24) is 9.80 Å². The van der Waals surface area contributed by atoms with Crippen molar-refractivity contribution in [1.29, 1.82) is 0 Å². The van der Waals surface area contributed by atoms with Crippen LogP contribution in [0.15, 0.2) is 48.5 Å². The molecule has 2 aromatic rings. The highest BCUT2D eigenvalue weighted by molar-refractivity contribution is 5.98. The zero-order chi connectivity index (χ0) is 23.6. The zero-order valence-corrected chi connectivity index (χ0v) is 19.7. The first-order valence-corrected chi connectivity index (χ1v) is 11.8. The van der Waals surface area contributed by atoms with E-state index in [4.69, 9.17) is 4.74 Å². The number of amides is 2. The number of rotatable bonds is 9. The normalized spacial score (nSPS) is 14.0. The minimum atomic E-state index is -0.0172. The van der Waals surface area contributed by atoms with Crippen molar-refractivity contribution in [2.45, 2.75) is 46.0 Å². The van der Waals surface area contributed by atoms with Gasteiger partial charge in [-0.05, 0) is 38.3 Å². The summed E-state index contributed by atoms with van der Waals surface area (Å²) < 4.78 is 5.78. The fourth-order valence-electron chi connectivity index (χ4n) is 3.96. The molecule has 1 aliphatic rings. The maximum atomic E-state index is 12.6. The first-order valence-electron chi connectivity index (χ1n) is 11.8. The first-order chi connectivity index (χ1) is 15.9. The number of nitrogens with zero attached hydrogens (tertiary/aromatic N) is 2. The molecule has 0 spiro atoms. The van der Waals surface area contributed by atoms with Crippen molar-refractivity contribution in [3.8, 4) is 5.75 Å². The Morgan fingerprint density at radius 3 is 2.09 bits per heavy atom. The highest BCUT2D eigenvalue weighted by Crippen LogP contribution is 2.17. The van der Waals surface area contributed by atoms with Crippen LogP contribution >= 0.6 is 0 Å². The van der Waals surface area contributed by atoms with E-state index in [9.17, 15) is 14.4 Å². The van der Waals surface area contributed by atoms with Crippen LogP contribution in [0.2, 0.25) is 0 Å². The van der Waals surface area contributed by atoms with Gasteiger partial charge in [0.1, 0.15) is 5.75 Å². The molecule has 1 heterocycles. The van der Waals surface area contributed by atoms with Gasteiger partial charge >= 0.3 is 0 Å². The topological polar surface area (TPSA) is 66.9 Å². The lowest BCUT2D eigenvalue weighted by Crippen LogP contribution is -2.37. The fraction of sp³-hybridized carbons (Fsp3) is 0.444. The number of para-hydroxylation sites is 1. The van der Waals surface area contributed by atoms with E-state index in [1.165, 1.54) is 0 Å². The Morgan fingerprint density at radius 2 is 1.42 bits per heavy atom. The molecule has 0 radical (unpaired) electrons. The van der Waals surface area contributed by atoms with E-state index in [2.05, 4.69) is 0 Å². The summed E-state index contributed by atoms with van der Waals surface area (Å²) in [6.45, 7) is 6.82. The molecule has 0 N–H and O–H groups in total. The van der Waals surface area contributed by atoms with E-state index in [0.717, 1.165) is 23.3 Å². The van der Waals surface area contributed by atoms with Crippen LogP contribution < -0.4 is 4.74 Å². The van der Waals surface area contributed by atoms with Crippen molar-refractivity contribution in [2.75, 3.05) is 32.8 Å². The molecule has 0 aliphatic carbocycles. The summed E-state index contributed by atoms with van der Waals surface area (Å²) in [7, 11) is 0. The Balaban J connectivity index is 1.37. The van der Waals surface area contributed by atoms with Crippen LogP contribution in [0.3, 0.4) is 0 Å². The predicted molar refractivity (Wildman–Crippen MR) is 128 cm³/mol. The number of aryl methyl sites for hydroxylation is 2. The van der Waals surface area contributed by atoms with Gasteiger partial charge in [0.2, 0.25) is 11.8 Å². The van der Waals surface area contributed by atoms with Gasteiger partial charge < -0.3 is 14.5 Å². The van der Waals surface area contributed by atoms with Gasteiger partial charge in [0.25, 0.3) is 0 Å². The van der Waals surface area contributed by atoms with Gasteiger partial charge in [-0.3, -0.25) is 14.4 Å². The van der Waals surface area contributed by atoms with Gasteiger partial charge in [-0.15, -0.1) is 0 Å². The molecule has 6 heteroatoms. The van der Waals surface area contributed by atoms with Gasteiger partial charge in [0.05, 0.1) is 6.61 Å². The Hall–Kier alpha value is -3.15. The number of benzene rings is 2. The third kappa shape index (κ3) is 7.45. The van der Waals surface area contributed by atoms with Crippen LogP contribution in [-0.2, 0) is 9.59 Å².